The number of hydrogen-bond donors (Lipinski definition) is 1. The molecule has 2 N–H and O–H groups in total. The molecule has 0 bridgehead atoms. The van der Waals surface area contributed by atoms with E-state index in [1.165, 1.54) is 4.90 Å². The molecular formula is C13H15BrF2N2O. The van der Waals surface area contributed by atoms with Crippen molar-refractivity contribution in [2.45, 2.75) is 19.4 Å². The first-order chi connectivity index (χ1) is 8.88. The van der Waals surface area contributed by atoms with E-state index in [0.717, 1.165) is 18.6 Å². The molecule has 1 fully saturated rings. The molecule has 1 aliphatic heterocycles. The molecule has 0 saturated carbocycles. The van der Waals surface area contributed by atoms with Gasteiger partial charge in [0.2, 0.25) is 0 Å². The summed E-state index contributed by atoms with van der Waals surface area (Å²) in [5.41, 5.74) is 5.33. The molecule has 1 aromatic carbocycles. The SMILES string of the molecule is CC1CC(N)CN(C(=O)c2c(F)cc(Br)cc2F)C1. The van der Waals surface area contributed by atoms with Gasteiger partial charge in [0.05, 0.1) is 0 Å². The van der Waals surface area contributed by atoms with Crippen LogP contribution >= 0.6 is 15.9 Å². The molecule has 2 atom stereocenters. The van der Waals surface area contributed by atoms with Crippen LogP contribution in [0.25, 0.3) is 0 Å². The van der Waals surface area contributed by atoms with E-state index >= 15 is 0 Å². The summed E-state index contributed by atoms with van der Waals surface area (Å²) >= 11 is 2.99. The predicted octanol–water partition coefficient (Wildman–Crippen LogP) is 2.54. The minimum atomic E-state index is -0.858. The molecule has 1 heterocycles. The van der Waals surface area contributed by atoms with E-state index in [1.54, 1.807) is 0 Å². The molecule has 6 heteroatoms. The summed E-state index contributed by atoms with van der Waals surface area (Å²) < 4.78 is 27.8. The predicted molar refractivity (Wildman–Crippen MR) is 71.7 cm³/mol. The summed E-state index contributed by atoms with van der Waals surface area (Å²) in [5, 5.41) is 0. The first-order valence-corrected chi connectivity index (χ1v) is 6.87. The maximum absolute atomic E-state index is 13.8. The second-order valence-electron chi connectivity index (χ2n) is 5.06. The van der Waals surface area contributed by atoms with Crippen LogP contribution in [0.1, 0.15) is 23.7 Å². The number of hydrogen-bond acceptors (Lipinski definition) is 2. The van der Waals surface area contributed by atoms with Crippen molar-refractivity contribution < 1.29 is 13.6 Å². The molecule has 1 aromatic rings. The largest absolute Gasteiger partial charge is 0.337 e. The van der Waals surface area contributed by atoms with E-state index in [9.17, 15) is 13.6 Å². The minimum Gasteiger partial charge on any atom is -0.337 e. The van der Waals surface area contributed by atoms with Gasteiger partial charge in [-0.25, -0.2) is 8.78 Å². The van der Waals surface area contributed by atoms with E-state index in [2.05, 4.69) is 15.9 Å². The second kappa shape index (κ2) is 5.54. The van der Waals surface area contributed by atoms with Crippen molar-refractivity contribution >= 4 is 21.8 Å². The average Bonchev–Trinajstić information content (AvgIpc) is 2.25. The molecule has 1 saturated heterocycles. The normalized spacial score (nSPS) is 23.5. The van der Waals surface area contributed by atoms with Gasteiger partial charge in [0.1, 0.15) is 17.2 Å². The molecule has 3 nitrogen and oxygen atoms in total. The maximum Gasteiger partial charge on any atom is 0.259 e. The first-order valence-electron chi connectivity index (χ1n) is 6.08. The van der Waals surface area contributed by atoms with Crippen molar-refractivity contribution in [2.24, 2.45) is 11.7 Å². The Morgan fingerprint density at radius 1 is 1.37 bits per heavy atom. The van der Waals surface area contributed by atoms with Crippen molar-refractivity contribution in [3.05, 3.63) is 33.8 Å². The van der Waals surface area contributed by atoms with E-state index in [1.807, 2.05) is 6.92 Å². The van der Waals surface area contributed by atoms with Gasteiger partial charge in [-0.3, -0.25) is 4.79 Å². The molecule has 0 aromatic heterocycles. The molecule has 104 valence electrons. The zero-order valence-corrected chi connectivity index (χ0v) is 12.1. The number of nitrogens with zero attached hydrogens (tertiary/aromatic N) is 1. The third kappa shape index (κ3) is 3.12. The van der Waals surface area contributed by atoms with Gasteiger partial charge in [-0.05, 0) is 24.5 Å². The lowest BCUT2D eigenvalue weighted by atomic mass is 9.96. The Morgan fingerprint density at radius 3 is 2.47 bits per heavy atom. The van der Waals surface area contributed by atoms with Gasteiger partial charge in [-0.15, -0.1) is 0 Å². The first kappa shape index (κ1) is 14.4. The standard InChI is InChI=1S/C13H15BrF2N2O/c1-7-2-9(17)6-18(5-7)13(19)12-10(15)3-8(14)4-11(12)16/h3-4,7,9H,2,5-6,17H2,1H3. The number of amides is 1. The van der Waals surface area contributed by atoms with Crippen LogP contribution in [0.5, 0.6) is 0 Å². The zero-order valence-electron chi connectivity index (χ0n) is 10.5. The number of nitrogens with two attached hydrogens (primary N) is 1. The Morgan fingerprint density at radius 2 is 1.95 bits per heavy atom. The van der Waals surface area contributed by atoms with Crippen LogP contribution in [0.4, 0.5) is 8.78 Å². The van der Waals surface area contributed by atoms with Crippen LogP contribution in [0.2, 0.25) is 0 Å². The number of likely N-dealkylation sites (tertiary alicyclic amines) is 1. The summed E-state index contributed by atoms with van der Waals surface area (Å²) in [6.45, 7) is 2.77. The summed E-state index contributed by atoms with van der Waals surface area (Å²) in [6.07, 6.45) is 0.815. The number of halogens is 3. The minimum absolute atomic E-state index is 0.144. The van der Waals surface area contributed by atoms with Gasteiger partial charge in [-0.2, -0.15) is 0 Å². The lowest BCUT2D eigenvalue weighted by molar-refractivity contribution is 0.0651. The Balaban J connectivity index is 2.29. The molecular weight excluding hydrogens is 318 g/mol. The highest BCUT2D eigenvalue weighted by Gasteiger charge is 2.29. The average molecular weight is 333 g/mol. The lowest BCUT2D eigenvalue weighted by Gasteiger charge is -2.34. The summed E-state index contributed by atoms with van der Waals surface area (Å²) in [6, 6.07) is 2.03. The molecule has 19 heavy (non-hydrogen) atoms. The van der Waals surface area contributed by atoms with Crippen LogP contribution in [0.3, 0.4) is 0 Å². The summed E-state index contributed by atoms with van der Waals surface area (Å²) in [7, 11) is 0. The molecule has 0 aliphatic carbocycles. The zero-order chi connectivity index (χ0) is 14.2. The van der Waals surface area contributed by atoms with Gasteiger partial charge in [-0.1, -0.05) is 22.9 Å². The quantitative estimate of drug-likeness (QED) is 0.859. The highest BCUT2D eigenvalue weighted by atomic mass is 79.9. The highest BCUT2D eigenvalue weighted by molar-refractivity contribution is 9.10. The Hall–Kier alpha value is -1.01. The van der Waals surface area contributed by atoms with Crippen molar-refractivity contribution in [2.75, 3.05) is 13.1 Å². The summed E-state index contributed by atoms with van der Waals surface area (Å²) in [5.74, 6) is -2.12. The van der Waals surface area contributed by atoms with E-state index in [-0.39, 0.29) is 16.4 Å². The second-order valence-corrected chi connectivity index (χ2v) is 5.97. The third-order valence-electron chi connectivity index (χ3n) is 3.20. The maximum atomic E-state index is 13.8. The lowest BCUT2D eigenvalue weighted by Crippen LogP contribution is -2.49. The van der Waals surface area contributed by atoms with Gasteiger partial charge >= 0.3 is 0 Å². The van der Waals surface area contributed by atoms with Crippen molar-refractivity contribution in [1.29, 1.82) is 0 Å². The van der Waals surface area contributed by atoms with Crippen LogP contribution in [0.15, 0.2) is 16.6 Å². The van der Waals surface area contributed by atoms with Crippen LogP contribution < -0.4 is 5.73 Å². The Labute approximate surface area is 118 Å². The molecule has 2 unspecified atom stereocenters. The Bertz CT molecular complexity index is 476. The number of carbonyl (C=O) groups excluding carboxylic acids is 1. The monoisotopic (exact) mass is 332 g/mol. The molecule has 1 aliphatic rings. The molecule has 0 spiro atoms. The molecule has 0 radical (unpaired) electrons. The third-order valence-corrected chi connectivity index (χ3v) is 3.66. The number of piperidine rings is 1. The van der Waals surface area contributed by atoms with Crippen molar-refractivity contribution in [3.8, 4) is 0 Å². The number of rotatable bonds is 1. The van der Waals surface area contributed by atoms with Crippen molar-refractivity contribution in [3.63, 3.8) is 0 Å². The fraction of sp³-hybridized carbons (Fsp3) is 0.462. The van der Waals surface area contributed by atoms with Gasteiger partial charge in [0, 0.05) is 23.6 Å². The van der Waals surface area contributed by atoms with E-state index < -0.39 is 23.1 Å². The van der Waals surface area contributed by atoms with Gasteiger partial charge < -0.3 is 10.6 Å². The Kier molecular flexibility index (Phi) is 4.20. The van der Waals surface area contributed by atoms with Crippen LogP contribution in [-0.4, -0.2) is 29.9 Å². The number of carbonyl (C=O) groups is 1. The molecule has 2 rings (SSSR count). The molecule has 1 amide bonds. The van der Waals surface area contributed by atoms with Gasteiger partial charge in [0.15, 0.2) is 0 Å². The fourth-order valence-corrected chi connectivity index (χ4v) is 2.87. The van der Waals surface area contributed by atoms with Crippen molar-refractivity contribution in [1.82, 2.24) is 4.90 Å². The fourth-order valence-electron chi connectivity index (χ4n) is 2.47. The van der Waals surface area contributed by atoms with Crippen LogP contribution in [0, 0.1) is 17.6 Å². The highest BCUT2D eigenvalue weighted by Crippen LogP contribution is 2.23. The van der Waals surface area contributed by atoms with E-state index in [4.69, 9.17) is 5.73 Å². The van der Waals surface area contributed by atoms with Crippen LogP contribution in [-0.2, 0) is 0 Å². The topological polar surface area (TPSA) is 46.3 Å². The number of benzene rings is 1. The summed E-state index contributed by atoms with van der Waals surface area (Å²) in [4.78, 5) is 13.6. The van der Waals surface area contributed by atoms with E-state index in [0.29, 0.717) is 13.1 Å². The van der Waals surface area contributed by atoms with Gasteiger partial charge in [0.25, 0.3) is 5.91 Å². The smallest absolute Gasteiger partial charge is 0.259 e.